The second-order valence-electron chi connectivity index (χ2n) is 4.51. The molecule has 2 aromatic rings. The molecule has 0 atom stereocenters. The first-order valence-corrected chi connectivity index (χ1v) is 6.17. The van der Waals surface area contributed by atoms with Crippen LogP contribution in [0.25, 0.3) is 11.1 Å². The number of hydrogen-bond donors (Lipinski definition) is 1. The van der Waals surface area contributed by atoms with Gasteiger partial charge >= 0.3 is 0 Å². The number of benzene rings is 2. The Morgan fingerprint density at radius 1 is 1.06 bits per heavy atom. The summed E-state index contributed by atoms with van der Waals surface area (Å²) in [5.41, 5.74) is 9.02. The van der Waals surface area contributed by atoms with Crippen LogP contribution in [0.4, 0.5) is 0 Å². The zero-order valence-electron chi connectivity index (χ0n) is 10.8. The predicted molar refractivity (Wildman–Crippen MR) is 74.4 cm³/mol. The van der Waals surface area contributed by atoms with Gasteiger partial charge in [0.15, 0.2) is 0 Å². The maximum absolute atomic E-state index is 5.58. The molecular weight excluding hydrogens is 222 g/mol. The maximum atomic E-state index is 5.58. The summed E-state index contributed by atoms with van der Waals surface area (Å²) in [5.74, 6) is 0.785. The van der Waals surface area contributed by atoms with Gasteiger partial charge in [-0.05, 0) is 42.7 Å². The molecule has 2 heteroatoms. The van der Waals surface area contributed by atoms with Crippen molar-refractivity contribution in [3.05, 3.63) is 54.1 Å². The summed E-state index contributed by atoms with van der Waals surface area (Å²) < 4.78 is 5.57. The Hall–Kier alpha value is -1.80. The summed E-state index contributed by atoms with van der Waals surface area (Å²) in [7, 11) is 0. The molecule has 0 bridgehead atoms. The van der Waals surface area contributed by atoms with Crippen molar-refractivity contribution in [1.82, 2.24) is 0 Å². The van der Waals surface area contributed by atoms with Crippen molar-refractivity contribution < 1.29 is 4.74 Å². The van der Waals surface area contributed by atoms with Crippen LogP contribution in [0.3, 0.4) is 0 Å². The van der Waals surface area contributed by atoms with Crippen LogP contribution in [-0.4, -0.2) is 6.10 Å². The van der Waals surface area contributed by atoms with Gasteiger partial charge in [-0.1, -0.05) is 30.3 Å². The summed E-state index contributed by atoms with van der Waals surface area (Å²) in [6.07, 6.45) is 0.177. The van der Waals surface area contributed by atoms with Crippen molar-refractivity contribution >= 4 is 0 Å². The van der Waals surface area contributed by atoms with E-state index in [0.29, 0.717) is 6.54 Å². The number of nitrogens with two attached hydrogens (primary N) is 1. The zero-order valence-corrected chi connectivity index (χ0v) is 10.8. The molecule has 1 radical (unpaired) electrons. The summed E-state index contributed by atoms with van der Waals surface area (Å²) in [6, 6.07) is 17.4. The van der Waals surface area contributed by atoms with Crippen LogP contribution in [0.2, 0.25) is 0 Å². The van der Waals surface area contributed by atoms with Gasteiger partial charge in [0, 0.05) is 12.6 Å². The smallest absolute Gasteiger partial charge is 0.127 e. The van der Waals surface area contributed by atoms with Crippen LogP contribution in [-0.2, 0) is 6.54 Å². The second kappa shape index (κ2) is 5.69. The van der Waals surface area contributed by atoms with Gasteiger partial charge in [0.05, 0.1) is 6.10 Å². The van der Waals surface area contributed by atoms with Crippen molar-refractivity contribution in [2.45, 2.75) is 26.5 Å². The van der Waals surface area contributed by atoms with Crippen molar-refractivity contribution in [3.63, 3.8) is 0 Å². The molecule has 0 saturated carbocycles. The summed E-state index contributed by atoms with van der Waals surface area (Å²) in [4.78, 5) is 0. The third kappa shape index (κ3) is 3.11. The summed E-state index contributed by atoms with van der Waals surface area (Å²) >= 11 is 0. The van der Waals surface area contributed by atoms with E-state index in [4.69, 9.17) is 10.5 Å². The highest BCUT2D eigenvalue weighted by atomic mass is 16.5. The van der Waals surface area contributed by atoms with Gasteiger partial charge in [-0.15, -0.1) is 0 Å². The third-order valence-corrected chi connectivity index (χ3v) is 2.67. The summed E-state index contributed by atoms with van der Waals surface area (Å²) in [6.45, 7) is 4.59. The van der Waals surface area contributed by atoms with Gasteiger partial charge in [-0.25, -0.2) is 0 Å². The van der Waals surface area contributed by atoms with Crippen LogP contribution in [0.1, 0.15) is 19.4 Å². The minimum atomic E-state index is 0.177. The van der Waals surface area contributed by atoms with Gasteiger partial charge in [0.1, 0.15) is 5.75 Å². The van der Waals surface area contributed by atoms with Gasteiger partial charge in [-0.3, -0.25) is 0 Å². The number of rotatable bonds is 4. The number of hydrogen-bond acceptors (Lipinski definition) is 2. The Balaban J connectivity index is 2.17. The lowest BCUT2D eigenvalue weighted by molar-refractivity contribution is 0.242. The van der Waals surface area contributed by atoms with Crippen LogP contribution in [0.5, 0.6) is 5.75 Å². The van der Waals surface area contributed by atoms with E-state index in [2.05, 4.69) is 18.2 Å². The minimum Gasteiger partial charge on any atom is -0.490 e. The SMILES string of the molecule is CC(C)Oc1[c]cc(-c2ccc(CN)cc2)cc1. The van der Waals surface area contributed by atoms with E-state index < -0.39 is 0 Å². The predicted octanol–water partition coefficient (Wildman–Crippen LogP) is 3.40. The van der Waals surface area contributed by atoms with E-state index in [0.717, 1.165) is 16.9 Å². The first-order chi connectivity index (χ1) is 8.69. The molecule has 0 aliphatic heterocycles. The standard InChI is InChI=1S/C16H18NO/c1-12(2)18-16-9-7-15(8-10-16)14-5-3-13(11-17)4-6-14/h3-9,12H,11,17H2,1-2H3. The van der Waals surface area contributed by atoms with Gasteiger partial charge in [-0.2, -0.15) is 0 Å². The highest BCUT2D eigenvalue weighted by molar-refractivity contribution is 5.64. The van der Waals surface area contributed by atoms with E-state index in [1.807, 2.05) is 44.2 Å². The molecule has 0 heterocycles. The van der Waals surface area contributed by atoms with Crippen LogP contribution < -0.4 is 10.5 Å². The molecule has 0 aromatic heterocycles. The van der Waals surface area contributed by atoms with E-state index in [1.165, 1.54) is 5.56 Å². The molecule has 0 saturated heterocycles. The fourth-order valence-corrected chi connectivity index (χ4v) is 1.75. The average molecular weight is 240 g/mol. The lowest BCUT2D eigenvalue weighted by atomic mass is 10.0. The Bertz CT molecular complexity index is 486. The van der Waals surface area contributed by atoms with Gasteiger partial charge in [0.25, 0.3) is 0 Å². The molecule has 2 N–H and O–H groups in total. The summed E-state index contributed by atoms with van der Waals surface area (Å²) in [5, 5.41) is 0. The molecular formula is C16H18NO. The average Bonchev–Trinajstić information content (AvgIpc) is 2.39. The van der Waals surface area contributed by atoms with Crippen molar-refractivity contribution in [1.29, 1.82) is 0 Å². The van der Waals surface area contributed by atoms with Crippen molar-refractivity contribution in [3.8, 4) is 16.9 Å². The molecule has 2 nitrogen and oxygen atoms in total. The molecule has 2 rings (SSSR count). The Kier molecular flexibility index (Phi) is 4.00. The third-order valence-electron chi connectivity index (χ3n) is 2.67. The molecule has 0 aliphatic carbocycles. The van der Waals surface area contributed by atoms with E-state index >= 15 is 0 Å². The normalized spacial score (nSPS) is 10.7. The molecule has 0 amide bonds. The first kappa shape index (κ1) is 12.7. The molecule has 0 spiro atoms. The Labute approximate surface area is 108 Å². The molecule has 0 unspecified atom stereocenters. The van der Waals surface area contributed by atoms with Crippen LogP contribution in [0.15, 0.2) is 42.5 Å². The highest BCUT2D eigenvalue weighted by Gasteiger charge is 2.01. The van der Waals surface area contributed by atoms with Gasteiger partial charge < -0.3 is 10.5 Å². The topological polar surface area (TPSA) is 35.2 Å². The highest BCUT2D eigenvalue weighted by Crippen LogP contribution is 2.22. The molecule has 0 fully saturated rings. The van der Waals surface area contributed by atoms with E-state index in [9.17, 15) is 0 Å². The van der Waals surface area contributed by atoms with Crippen molar-refractivity contribution in [2.24, 2.45) is 5.73 Å². The molecule has 18 heavy (non-hydrogen) atoms. The number of ether oxygens (including phenoxy) is 1. The second-order valence-corrected chi connectivity index (χ2v) is 4.51. The monoisotopic (exact) mass is 240 g/mol. The van der Waals surface area contributed by atoms with E-state index in [-0.39, 0.29) is 6.10 Å². The largest absolute Gasteiger partial charge is 0.490 e. The molecule has 93 valence electrons. The Morgan fingerprint density at radius 3 is 2.22 bits per heavy atom. The minimum absolute atomic E-state index is 0.177. The fraction of sp³-hybridized carbons (Fsp3) is 0.250. The lowest BCUT2D eigenvalue weighted by Crippen LogP contribution is -2.05. The van der Waals surface area contributed by atoms with E-state index in [1.54, 1.807) is 0 Å². The van der Waals surface area contributed by atoms with Crippen LogP contribution in [0, 0.1) is 6.07 Å². The maximum Gasteiger partial charge on any atom is 0.127 e. The quantitative estimate of drug-likeness (QED) is 0.889. The lowest BCUT2D eigenvalue weighted by Gasteiger charge is -2.10. The zero-order chi connectivity index (χ0) is 13.0. The van der Waals surface area contributed by atoms with Crippen LogP contribution >= 0.6 is 0 Å². The van der Waals surface area contributed by atoms with Crippen molar-refractivity contribution in [2.75, 3.05) is 0 Å². The molecule has 0 aliphatic rings. The fourth-order valence-electron chi connectivity index (χ4n) is 1.75. The molecule has 2 aromatic carbocycles. The first-order valence-electron chi connectivity index (χ1n) is 6.17. The Morgan fingerprint density at radius 2 is 1.72 bits per heavy atom. The van der Waals surface area contributed by atoms with Gasteiger partial charge in [0.2, 0.25) is 0 Å².